The molecule has 1 heterocycles. The molecule has 5 nitrogen and oxygen atoms in total. The van der Waals surface area contributed by atoms with E-state index in [9.17, 15) is 9.90 Å². The summed E-state index contributed by atoms with van der Waals surface area (Å²) in [5.41, 5.74) is 6.17. The summed E-state index contributed by atoms with van der Waals surface area (Å²) in [5.74, 6) is 1.93. The molecular weight excluding hydrogens is 338 g/mol. The van der Waals surface area contributed by atoms with Gasteiger partial charge in [0.05, 0.1) is 6.10 Å². The van der Waals surface area contributed by atoms with Crippen LogP contribution < -0.4 is 5.73 Å². The van der Waals surface area contributed by atoms with E-state index in [2.05, 4.69) is 30.4 Å². The minimum absolute atomic E-state index is 0.00312. The molecular formula is C22H37N3O2. The molecule has 4 N–H and O–H groups in total. The maximum atomic E-state index is 11.1. The molecule has 0 saturated heterocycles. The molecule has 1 aromatic rings. The van der Waals surface area contributed by atoms with Crippen LogP contribution in [0.15, 0.2) is 18.9 Å². The number of primary amides is 1. The predicted molar refractivity (Wildman–Crippen MR) is 109 cm³/mol. The molecule has 3 atom stereocenters. The van der Waals surface area contributed by atoms with Gasteiger partial charge in [0.2, 0.25) is 5.91 Å². The fourth-order valence-corrected chi connectivity index (χ4v) is 4.27. The number of aryl methyl sites for hydroxylation is 1. The van der Waals surface area contributed by atoms with Gasteiger partial charge < -0.3 is 15.8 Å². The Labute approximate surface area is 163 Å². The molecule has 1 aliphatic rings. The Hall–Kier alpha value is -1.62. The molecule has 0 spiro atoms. The normalized spacial score (nSPS) is 19.0. The Morgan fingerprint density at radius 2 is 2.11 bits per heavy atom. The number of aromatic amines is 1. The number of rotatable bonds is 11. The fraction of sp³-hybridized carbons (Fsp3) is 0.727. The lowest BCUT2D eigenvalue weighted by Gasteiger charge is -2.30. The number of nitrogens with zero attached hydrogens (tertiary/aromatic N) is 1. The number of nitrogens with two attached hydrogens (primary N) is 1. The highest BCUT2D eigenvalue weighted by Crippen LogP contribution is 2.36. The number of imidazole rings is 1. The first-order valence-corrected chi connectivity index (χ1v) is 10.5. The van der Waals surface area contributed by atoms with Gasteiger partial charge in [-0.25, -0.2) is 4.98 Å². The molecule has 1 aromatic heterocycles. The van der Waals surface area contributed by atoms with E-state index in [1.807, 2.05) is 6.08 Å². The van der Waals surface area contributed by atoms with E-state index in [1.165, 1.54) is 32.1 Å². The lowest BCUT2D eigenvalue weighted by Crippen LogP contribution is -2.27. The third-order valence-corrected chi connectivity index (χ3v) is 6.09. The molecule has 5 heteroatoms. The molecule has 152 valence electrons. The fourth-order valence-electron chi connectivity index (χ4n) is 4.27. The van der Waals surface area contributed by atoms with Gasteiger partial charge in [0, 0.05) is 24.2 Å². The number of carbonyl (C=O) groups excluding carboxylic acids is 1. The monoisotopic (exact) mass is 375 g/mol. The molecule has 27 heavy (non-hydrogen) atoms. The van der Waals surface area contributed by atoms with Crippen LogP contribution in [0.5, 0.6) is 0 Å². The number of aromatic nitrogens is 2. The van der Waals surface area contributed by atoms with Crippen LogP contribution in [0, 0.1) is 17.8 Å². The Balaban J connectivity index is 2.12. The van der Waals surface area contributed by atoms with Crippen LogP contribution in [-0.2, 0) is 11.2 Å². The molecule has 1 fully saturated rings. The Bertz CT molecular complexity index is 590. The van der Waals surface area contributed by atoms with E-state index in [-0.39, 0.29) is 17.7 Å². The molecule has 0 aliphatic heterocycles. The van der Waals surface area contributed by atoms with Crippen molar-refractivity contribution in [3.05, 3.63) is 30.4 Å². The van der Waals surface area contributed by atoms with Crippen LogP contribution in [-0.4, -0.2) is 27.1 Å². The zero-order valence-corrected chi connectivity index (χ0v) is 17.0. The van der Waals surface area contributed by atoms with Crippen molar-refractivity contribution in [1.29, 1.82) is 0 Å². The molecule has 0 bridgehead atoms. The number of aliphatic hydroxyl groups is 1. The van der Waals surface area contributed by atoms with Gasteiger partial charge >= 0.3 is 0 Å². The average Bonchev–Trinajstić information content (AvgIpc) is 3.11. The first-order valence-electron chi connectivity index (χ1n) is 10.5. The minimum atomic E-state index is -0.451. The maximum absolute atomic E-state index is 11.1. The summed E-state index contributed by atoms with van der Waals surface area (Å²) in [5, 5.41) is 11.1. The summed E-state index contributed by atoms with van der Waals surface area (Å²) in [7, 11) is 0. The summed E-state index contributed by atoms with van der Waals surface area (Å²) in [6.45, 7) is 8.29. The molecule has 1 saturated carbocycles. The van der Waals surface area contributed by atoms with Crippen molar-refractivity contribution in [1.82, 2.24) is 9.97 Å². The summed E-state index contributed by atoms with van der Waals surface area (Å²) < 4.78 is 0. The number of H-pyrrole nitrogens is 1. The predicted octanol–water partition coefficient (Wildman–Crippen LogP) is 4.09. The second kappa shape index (κ2) is 10.6. The first-order chi connectivity index (χ1) is 12.9. The lowest BCUT2D eigenvalue weighted by molar-refractivity contribution is -0.118. The summed E-state index contributed by atoms with van der Waals surface area (Å²) in [6.07, 6.45) is 12.2. The second-order valence-electron chi connectivity index (χ2n) is 8.55. The van der Waals surface area contributed by atoms with Gasteiger partial charge in [-0.3, -0.25) is 4.79 Å². The quantitative estimate of drug-likeness (QED) is 0.509. The molecule has 2 rings (SSSR count). The number of allylic oxidation sites excluding steroid dienone is 1. The largest absolute Gasteiger partial charge is 0.392 e. The molecule has 0 unspecified atom stereocenters. The van der Waals surface area contributed by atoms with Crippen LogP contribution in [0.3, 0.4) is 0 Å². The number of nitrogens with one attached hydrogen (secondary N) is 1. The summed E-state index contributed by atoms with van der Waals surface area (Å²) >= 11 is 0. The van der Waals surface area contributed by atoms with E-state index >= 15 is 0 Å². The van der Waals surface area contributed by atoms with Crippen molar-refractivity contribution in [2.75, 3.05) is 0 Å². The highest BCUT2D eigenvalue weighted by Gasteiger charge is 2.30. The van der Waals surface area contributed by atoms with Crippen LogP contribution in [0.2, 0.25) is 0 Å². The smallest absolute Gasteiger partial charge is 0.217 e. The van der Waals surface area contributed by atoms with E-state index in [4.69, 9.17) is 5.73 Å². The van der Waals surface area contributed by atoms with Crippen molar-refractivity contribution in [3.63, 3.8) is 0 Å². The van der Waals surface area contributed by atoms with Crippen molar-refractivity contribution >= 4 is 5.91 Å². The van der Waals surface area contributed by atoms with Gasteiger partial charge in [-0.15, -0.1) is 6.58 Å². The average molecular weight is 376 g/mol. The number of amides is 1. The van der Waals surface area contributed by atoms with E-state index < -0.39 is 6.10 Å². The topological polar surface area (TPSA) is 92.0 Å². The number of aliphatic hydroxyl groups excluding tert-OH is 1. The van der Waals surface area contributed by atoms with Crippen molar-refractivity contribution in [3.8, 4) is 0 Å². The van der Waals surface area contributed by atoms with Gasteiger partial charge in [-0.05, 0) is 37.0 Å². The molecule has 1 amide bonds. The van der Waals surface area contributed by atoms with Gasteiger partial charge in [-0.2, -0.15) is 0 Å². The maximum Gasteiger partial charge on any atom is 0.217 e. The van der Waals surface area contributed by atoms with Gasteiger partial charge in [0.25, 0.3) is 0 Å². The van der Waals surface area contributed by atoms with Crippen molar-refractivity contribution < 1.29 is 9.90 Å². The van der Waals surface area contributed by atoms with E-state index in [0.29, 0.717) is 31.1 Å². The number of carbonyl (C=O) groups is 1. The number of hydrogen-bond donors (Lipinski definition) is 3. The van der Waals surface area contributed by atoms with Gasteiger partial charge in [0.15, 0.2) is 0 Å². The van der Waals surface area contributed by atoms with E-state index in [0.717, 1.165) is 17.9 Å². The van der Waals surface area contributed by atoms with Crippen LogP contribution in [0.1, 0.15) is 82.7 Å². The third kappa shape index (κ3) is 6.80. The summed E-state index contributed by atoms with van der Waals surface area (Å²) in [4.78, 5) is 19.0. The molecule has 0 radical (unpaired) electrons. The molecule has 1 aliphatic carbocycles. The first kappa shape index (κ1) is 21.7. The minimum Gasteiger partial charge on any atom is -0.392 e. The van der Waals surface area contributed by atoms with Gasteiger partial charge in [0.1, 0.15) is 5.82 Å². The number of hydrogen-bond acceptors (Lipinski definition) is 3. The Morgan fingerprint density at radius 1 is 1.41 bits per heavy atom. The van der Waals surface area contributed by atoms with Crippen molar-refractivity contribution in [2.45, 2.75) is 83.7 Å². The van der Waals surface area contributed by atoms with Crippen LogP contribution in [0.25, 0.3) is 0 Å². The van der Waals surface area contributed by atoms with Gasteiger partial charge in [-0.1, -0.05) is 52.0 Å². The van der Waals surface area contributed by atoms with Crippen LogP contribution in [0.4, 0.5) is 0 Å². The zero-order valence-electron chi connectivity index (χ0n) is 17.0. The van der Waals surface area contributed by atoms with Crippen LogP contribution >= 0.6 is 0 Å². The lowest BCUT2D eigenvalue weighted by atomic mass is 9.78. The second-order valence-corrected chi connectivity index (χ2v) is 8.55. The zero-order chi connectivity index (χ0) is 19.8. The standard InChI is InChI=1S/C22H37N3O2/c1-4-17(15(2)3)13-20(26)19(12-16-8-6-5-7-9-16)22-24-14-18(25-22)10-11-21(23)27/h4,14-17,19-20,26H,1,5-13H2,2-3H3,(H2,23,27)(H,24,25)/t17-,19+,20+/m0/s1. The highest BCUT2D eigenvalue weighted by molar-refractivity contribution is 5.73. The molecule has 0 aromatic carbocycles. The third-order valence-electron chi connectivity index (χ3n) is 6.09. The SMILES string of the molecule is C=C[C@@H](C[C@@H](O)[C@@H](CC1CCCCC1)c1ncc(CCC(N)=O)[nH]1)C(C)C. The summed E-state index contributed by atoms with van der Waals surface area (Å²) in [6, 6.07) is 0. The van der Waals surface area contributed by atoms with Crippen molar-refractivity contribution in [2.24, 2.45) is 23.5 Å². The van der Waals surface area contributed by atoms with E-state index in [1.54, 1.807) is 6.20 Å². The Kier molecular flexibility index (Phi) is 8.55. The highest BCUT2D eigenvalue weighted by atomic mass is 16.3. The Morgan fingerprint density at radius 3 is 2.70 bits per heavy atom.